The van der Waals surface area contributed by atoms with E-state index in [1.807, 2.05) is 0 Å². The van der Waals surface area contributed by atoms with Crippen molar-refractivity contribution < 1.29 is 32.5 Å². The van der Waals surface area contributed by atoms with Crippen LogP contribution in [0.3, 0.4) is 0 Å². The van der Waals surface area contributed by atoms with Crippen LogP contribution < -0.4 is 9.47 Å². The highest BCUT2D eigenvalue weighted by Crippen LogP contribution is 2.42. The molecule has 0 unspecified atom stereocenters. The predicted octanol–water partition coefficient (Wildman–Crippen LogP) is 2.10. The summed E-state index contributed by atoms with van der Waals surface area (Å²) in [4.78, 5) is 10.7. The van der Waals surface area contributed by atoms with Crippen molar-refractivity contribution in [3.63, 3.8) is 0 Å². The fraction of sp³-hybridized carbons (Fsp3) is 0.364. The van der Waals surface area contributed by atoms with Crippen LogP contribution in [0.5, 0.6) is 11.5 Å². The van der Waals surface area contributed by atoms with E-state index in [0.717, 1.165) is 12.1 Å². The summed E-state index contributed by atoms with van der Waals surface area (Å²) >= 11 is 0. The summed E-state index contributed by atoms with van der Waals surface area (Å²) in [5.74, 6) is -1.34. The maximum absolute atomic E-state index is 12.8. The van der Waals surface area contributed by atoms with Gasteiger partial charge in [0, 0.05) is 5.56 Å². The van der Waals surface area contributed by atoms with E-state index in [1.165, 1.54) is 0 Å². The number of rotatable bonds is 2. The van der Waals surface area contributed by atoms with Crippen LogP contribution in [0.15, 0.2) is 12.1 Å². The number of halogens is 3. The molecule has 1 N–H and O–H groups in total. The van der Waals surface area contributed by atoms with E-state index in [2.05, 4.69) is 0 Å². The summed E-state index contributed by atoms with van der Waals surface area (Å²) in [6.45, 7) is 0.325. The third-order valence-corrected chi connectivity index (χ3v) is 2.45. The summed E-state index contributed by atoms with van der Waals surface area (Å²) in [5, 5.41) is 8.69. The Morgan fingerprint density at radius 2 is 1.94 bits per heavy atom. The lowest BCUT2D eigenvalue weighted by Crippen LogP contribution is -2.20. The van der Waals surface area contributed by atoms with Crippen molar-refractivity contribution in [1.29, 1.82) is 0 Å². The molecule has 1 heterocycles. The van der Waals surface area contributed by atoms with E-state index in [9.17, 15) is 18.0 Å². The van der Waals surface area contributed by atoms with Crippen LogP contribution in [0.1, 0.15) is 11.1 Å². The average Bonchev–Trinajstić information content (AvgIpc) is 2.27. The minimum absolute atomic E-state index is 0.0981. The number of carboxylic acid groups (broad SMARTS) is 1. The lowest BCUT2D eigenvalue weighted by Gasteiger charge is -2.23. The number of carbonyl (C=O) groups is 1. The number of alkyl halides is 3. The monoisotopic (exact) mass is 262 g/mol. The zero-order chi connectivity index (χ0) is 13.3. The van der Waals surface area contributed by atoms with E-state index in [0.29, 0.717) is 0 Å². The second kappa shape index (κ2) is 4.40. The van der Waals surface area contributed by atoms with Gasteiger partial charge in [0.2, 0.25) is 0 Å². The van der Waals surface area contributed by atoms with Crippen LogP contribution in [-0.2, 0) is 17.4 Å². The molecule has 0 atom stereocenters. The molecule has 0 aliphatic carbocycles. The minimum Gasteiger partial charge on any atom is -0.486 e. The van der Waals surface area contributed by atoms with Crippen molar-refractivity contribution in [2.24, 2.45) is 0 Å². The Balaban J connectivity index is 2.57. The Morgan fingerprint density at radius 3 is 2.56 bits per heavy atom. The number of ether oxygens (including phenoxy) is 2. The normalized spacial score (nSPS) is 14.4. The van der Waals surface area contributed by atoms with Gasteiger partial charge in [-0.3, -0.25) is 4.79 Å². The van der Waals surface area contributed by atoms with Crippen molar-refractivity contribution in [3.8, 4) is 11.5 Å². The van der Waals surface area contributed by atoms with Crippen LogP contribution in [0.2, 0.25) is 0 Å². The van der Waals surface area contributed by atoms with Crippen LogP contribution in [-0.4, -0.2) is 24.3 Å². The molecule has 1 aliphatic rings. The topological polar surface area (TPSA) is 55.8 Å². The zero-order valence-electron chi connectivity index (χ0n) is 9.08. The number of fused-ring (bicyclic) bond motifs is 1. The summed E-state index contributed by atoms with van der Waals surface area (Å²) in [6, 6.07) is 1.95. The molecule has 18 heavy (non-hydrogen) atoms. The first-order valence-corrected chi connectivity index (χ1v) is 5.10. The van der Waals surface area contributed by atoms with Crippen LogP contribution >= 0.6 is 0 Å². The molecule has 0 radical (unpaired) electrons. The number of carboxylic acids is 1. The Kier molecular flexibility index (Phi) is 3.06. The zero-order valence-corrected chi connectivity index (χ0v) is 9.08. The van der Waals surface area contributed by atoms with E-state index in [4.69, 9.17) is 14.6 Å². The van der Waals surface area contributed by atoms with Gasteiger partial charge in [0.25, 0.3) is 0 Å². The first kappa shape index (κ1) is 12.5. The molecule has 0 amide bonds. The van der Waals surface area contributed by atoms with Gasteiger partial charge in [-0.25, -0.2) is 0 Å². The van der Waals surface area contributed by atoms with Gasteiger partial charge in [0.15, 0.2) is 11.5 Å². The van der Waals surface area contributed by atoms with Gasteiger partial charge in [0.05, 0.1) is 12.0 Å². The third kappa shape index (κ3) is 2.34. The molecule has 0 aromatic heterocycles. The number of aliphatic carboxylic acids is 1. The van der Waals surface area contributed by atoms with E-state index in [1.54, 1.807) is 0 Å². The Morgan fingerprint density at radius 1 is 1.28 bits per heavy atom. The quantitative estimate of drug-likeness (QED) is 0.886. The van der Waals surface area contributed by atoms with Crippen LogP contribution in [0, 0.1) is 0 Å². The summed E-state index contributed by atoms with van der Waals surface area (Å²) in [6.07, 6.45) is -5.39. The molecule has 2 rings (SSSR count). The van der Waals surface area contributed by atoms with Crippen LogP contribution in [0.4, 0.5) is 13.2 Å². The molecule has 7 heteroatoms. The van der Waals surface area contributed by atoms with Crippen molar-refractivity contribution in [2.75, 3.05) is 13.2 Å². The Hall–Kier alpha value is -1.92. The highest BCUT2D eigenvalue weighted by atomic mass is 19.4. The second-order valence-electron chi connectivity index (χ2n) is 3.68. The van der Waals surface area contributed by atoms with Gasteiger partial charge in [-0.15, -0.1) is 0 Å². The first-order valence-electron chi connectivity index (χ1n) is 5.10. The van der Waals surface area contributed by atoms with Gasteiger partial charge in [0.1, 0.15) is 13.2 Å². The second-order valence-corrected chi connectivity index (χ2v) is 3.68. The SMILES string of the molecule is O=C(O)Cc1c(C(F)(F)F)ccc2c1OCCO2. The lowest BCUT2D eigenvalue weighted by atomic mass is 10.0. The van der Waals surface area contributed by atoms with Crippen LogP contribution in [0.25, 0.3) is 0 Å². The van der Waals surface area contributed by atoms with Crippen molar-refractivity contribution in [2.45, 2.75) is 12.6 Å². The maximum atomic E-state index is 12.8. The highest BCUT2D eigenvalue weighted by Gasteiger charge is 2.36. The molecule has 1 aliphatic heterocycles. The fourth-order valence-electron chi connectivity index (χ4n) is 1.77. The van der Waals surface area contributed by atoms with E-state index in [-0.39, 0.29) is 24.7 Å². The molecule has 0 saturated heterocycles. The largest absolute Gasteiger partial charge is 0.486 e. The van der Waals surface area contributed by atoms with E-state index >= 15 is 0 Å². The first-order chi connectivity index (χ1) is 8.39. The van der Waals surface area contributed by atoms with Crippen molar-refractivity contribution in [1.82, 2.24) is 0 Å². The molecule has 1 aromatic rings. The molecule has 98 valence electrons. The number of hydrogen-bond acceptors (Lipinski definition) is 3. The molecule has 0 saturated carbocycles. The smallest absolute Gasteiger partial charge is 0.416 e. The molecule has 0 fully saturated rings. The molecule has 4 nitrogen and oxygen atoms in total. The predicted molar refractivity (Wildman–Crippen MR) is 53.8 cm³/mol. The molecule has 0 bridgehead atoms. The lowest BCUT2D eigenvalue weighted by molar-refractivity contribution is -0.139. The van der Waals surface area contributed by atoms with Gasteiger partial charge in [-0.1, -0.05) is 0 Å². The maximum Gasteiger partial charge on any atom is 0.416 e. The van der Waals surface area contributed by atoms with Gasteiger partial charge < -0.3 is 14.6 Å². The fourth-order valence-corrected chi connectivity index (χ4v) is 1.77. The standard InChI is InChI=1S/C11H9F3O4/c12-11(13,14)7-1-2-8-10(18-4-3-17-8)6(7)5-9(15)16/h1-2H,3-5H2,(H,15,16). The van der Waals surface area contributed by atoms with Crippen molar-refractivity contribution in [3.05, 3.63) is 23.3 Å². The van der Waals surface area contributed by atoms with Gasteiger partial charge in [-0.05, 0) is 12.1 Å². The van der Waals surface area contributed by atoms with Gasteiger partial charge in [-0.2, -0.15) is 13.2 Å². The highest BCUT2D eigenvalue weighted by molar-refractivity contribution is 5.73. The van der Waals surface area contributed by atoms with Gasteiger partial charge >= 0.3 is 12.1 Å². The summed E-state index contributed by atoms with van der Waals surface area (Å²) < 4.78 is 48.6. The Bertz CT molecular complexity index is 482. The molecule has 0 spiro atoms. The Labute approximate surface area is 99.9 Å². The number of hydrogen-bond donors (Lipinski definition) is 1. The van der Waals surface area contributed by atoms with E-state index < -0.39 is 29.7 Å². The van der Waals surface area contributed by atoms with Crippen molar-refractivity contribution >= 4 is 5.97 Å². The molecule has 1 aromatic carbocycles. The summed E-state index contributed by atoms with van der Waals surface area (Å²) in [5.41, 5.74) is -1.40. The average molecular weight is 262 g/mol. The number of benzene rings is 1. The molecular weight excluding hydrogens is 253 g/mol. The third-order valence-electron chi connectivity index (χ3n) is 2.45. The molecular formula is C11H9F3O4. The summed E-state index contributed by atoms with van der Waals surface area (Å²) in [7, 11) is 0. The minimum atomic E-state index is -4.62.